The van der Waals surface area contributed by atoms with Crippen molar-refractivity contribution in [3.63, 3.8) is 0 Å². The molecule has 29 heavy (non-hydrogen) atoms. The van der Waals surface area contributed by atoms with Crippen molar-refractivity contribution < 1.29 is 9.18 Å². The number of aromatic amines is 1. The molecule has 150 valence electrons. The molecule has 0 aliphatic rings. The van der Waals surface area contributed by atoms with Crippen LogP contribution in [0.5, 0.6) is 0 Å². The first-order valence-electron chi connectivity index (χ1n) is 8.29. The lowest BCUT2D eigenvalue weighted by molar-refractivity contribution is -0.115. The van der Waals surface area contributed by atoms with Gasteiger partial charge in [-0.2, -0.15) is 0 Å². The molecule has 2 heterocycles. The second-order valence-electron chi connectivity index (χ2n) is 6.22. The fourth-order valence-electron chi connectivity index (χ4n) is 2.51. The number of aryl methyl sites for hydroxylation is 1. The number of amides is 1. The van der Waals surface area contributed by atoms with E-state index in [1.54, 1.807) is 24.4 Å². The number of thiol groups is 1. The second-order valence-corrected chi connectivity index (χ2v) is 7.53. The van der Waals surface area contributed by atoms with E-state index in [4.69, 9.17) is 5.41 Å². The van der Waals surface area contributed by atoms with Gasteiger partial charge < -0.3 is 15.7 Å². The van der Waals surface area contributed by atoms with Gasteiger partial charge in [-0.1, -0.05) is 12.1 Å². The van der Waals surface area contributed by atoms with Gasteiger partial charge in [-0.25, -0.2) is 14.2 Å². The zero-order valence-corrected chi connectivity index (χ0v) is 17.1. The predicted molar refractivity (Wildman–Crippen MR) is 112 cm³/mol. The Morgan fingerprint density at radius 3 is 2.83 bits per heavy atom. The van der Waals surface area contributed by atoms with Crippen molar-refractivity contribution in [3.8, 4) is 11.3 Å². The van der Waals surface area contributed by atoms with Crippen molar-refractivity contribution in [2.24, 2.45) is 7.05 Å². The highest BCUT2D eigenvalue weighted by Crippen LogP contribution is 2.26. The molecule has 0 saturated carbocycles. The van der Waals surface area contributed by atoms with Crippen LogP contribution in [-0.4, -0.2) is 26.2 Å². The standard InChI is InChI=1S/C18H16FN5O3S2/c1-8-3-4-9(5-10(8)19)12-7-29-17(21-12)22-13(25)6-11(20)14-15(28)23-18(27)24(2)16(14)26/h3-5,7,20,28H,6H2,1-2H3,(H,23,27)(H,21,22,25). The van der Waals surface area contributed by atoms with E-state index >= 15 is 0 Å². The topological polar surface area (TPSA) is 121 Å². The lowest BCUT2D eigenvalue weighted by atomic mass is 10.1. The molecule has 0 unspecified atom stereocenters. The molecule has 0 fully saturated rings. The third kappa shape index (κ3) is 4.35. The van der Waals surface area contributed by atoms with Crippen molar-refractivity contribution >= 4 is 40.7 Å². The maximum atomic E-state index is 13.7. The van der Waals surface area contributed by atoms with E-state index in [1.165, 1.54) is 13.1 Å². The number of anilines is 1. The summed E-state index contributed by atoms with van der Waals surface area (Å²) in [4.78, 5) is 42.6. The van der Waals surface area contributed by atoms with Gasteiger partial charge in [0, 0.05) is 18.0 Å². The van der Waals surface area contributed by atoms with Gasteiger partial charge in [0.2, 0.25) is 5.91 Å². The molecule has 1 aromatic carbocycles. The summed E-state index contributed by atoms with van der Waals surface area (Å²) in [6.45, 7) is 1.66. The highest BCUT2D eigenvalue weighted by Gasteiger charge is 2.18. The molecule has 3 aromatic rings. The highest BCUT2D eigenvalue weighted by atomic mass is 32.1. The fraction of sp³-hybridized carbons (Fsp3) is 0.167. The summed E-state index contributed by atoms with van der Waals surface area (Å²) in [6, 6.07) is 4.74. The highest BCUT2D eigenvalue weighted by molar-refractivity contribution is 7.80. The van der Waals surface area contributed by atoms with Crippen LogP contribution in [-0.2, 0) is 11.8 Å². The molecule has 0 atom stereocenters. The van der Waals surface area contributed by atoms with Gasteiger partial charge in [-0.3, -0.25) is 14.2 Å². The van der Waals surface area contributed by atoms with Crippen molar-refractivity contribution in [2.45, 2.75) is 18.4 Å². The first-order valence-corrected chi connectivity index (χ1v) is 9.62. The molecule has 0 radical (unpaired) electrons. The van der Waals surface area contributed by atoms with E-state index in [0.717, 1.165) is 15.9 Å². The molecule has 8 nitrogen and oxygen atoms in total. The first-order chi connectivity index (χ1) is 13.7. The lowest BCUT2D eigenvalue weighted by Crippen LogP contribution is -2.37. The van der Waals surface area contributed by atoms with Gasteiger partial charge in [-0.05, 0) is 18.6 Å². The van der Waals surface area contributed by atoms with Gasteiger partial charge in [0.25, 0.3) is 5.56 Å². The number of hydrogen-bond acceptors (Lipinski definition) is 7. The van der Waals surface area contributed by atoms with Crippen LogP contribution < -0.4 is 16.6 Å². The average molecular weight is 433 g/mol. The number of nitrogens with zero attached hydrogens (tertiary/aromatic N) is 2. The van der Waals surface area contributed by atoms with Crippen molar-refractivity contribution in [1.82, 2.24) is 14.5 Å². The maximum absolute atomic E-state index is 13.7. The minimum atomic E-state index is -0.713. The van der Waals surface area contributed by atoms with Gasteiger partial charge in [0.05, 0.1) is 28.4 Å². The van der Waals surface area contributed by atoms with Gasteiger partial charge >= 0.3 is 5.69 Å². The van der Waals surface area contributed by atoms with Crippen LogP contribution in [0.2, 0.25) is 0 Å². The van der Waals surface area contributed by atoms with E-state index in [0.29, 0.717) is 16.8 Å². The van der Waals surface area contributed by atoms with E-state index in [1.807, 2.05) is 0 Å². The van der Waals surface area contributed by atoms with E-state index in [-0.39, 0.29) is 27.2 Å². The van der Waals surface area contributed by atoms with E-state index in [9.17, 15) is 18.8 Å². The molecule has 11 heteroatoms. The zero-order valence-electron chi connectivity index (χ0n) is 15.4. The number of nitrogens with one attached hydrogen (secondary N) is 3. The van der Waals surface area contributed by atoms with Gasteiger partial charge in [0.1, 0.15) is 5.82 Å². The zero-order chi connectivity index (χ0) is 21.3. The minimum absolute atomic E-state index is 0.0752. The molecule has 0 saturated heterocycles. The average Bonchev–Trinajstić information content (AvgIpc) is 3.10. The number of thiazole rings is 1. The van der Waals surface area contributed by atoms with Crippen LogP contribution in [0.1, 0.15) is 17.5 Å². The Bertz CT molecular complexity index is 1250. The number of rotatable bonds is 5. The minimum Gasteiger partial charge on any atom is -0.304 e. The molecule has 3 rings (SSSR count). The summed E-state index contributed by atoms with van der Waals surface area (Å²) >= 11 is 5.17. The Hall–Kier alpha value is -3.05. The van der Waals surface area contributed by atoms with Crippen LogP contribution in [0, 0.1) is 18.2 Å². The molecule has 1 amide bonds. The Kier molecular flexibility index (Phi) is 5.80. The summed E-state index contributed by atoms with van der Waals surface area (Å²) in [7, 11) is 1.26. The van der Waals surface area contributed by atoms with Gasteiger partial charge in [-0.15, -0.1) is 24.0 Å². The summed E-state index contributed by atoms with van der Waals surface area (Å²) < 4.78 is 14.5. The summed E-state index contributed by atoms with van der Waals surface area (Å²) in [5.41, 5.74) is -0.214. The first kappa shape index (κ1) is 20.7. The van der Waals surface area contributed by atoms with Gasteiger partial charge in [0.15, 0.2) is 5.13 Å². The van der Waals surface area contributed by atoms with Crippen molar-refractivity contribution in [1.29, 1.82) is 5.41 Å². The Labute approximate surface area is 173 Å². The number of carbonyl (C=O) groups is 1. The molecule has 2 aromatic heterocycles. The third-order valence-corrected chi connectivity index (χ3v) is 5.24. The third-order valence-electron chi connectivity index (χ3n) is 4.14. The van der Waals surface area contributed by atoms with E-state index in [2.05, 4.69) is 27.9 Å². The molecule has 0 spiro atoms. The number of benzene rings is 1. The van der Waals surface area contributed by atoms with Crippen LogP contribution in [0.3, 0.4) is 0 Å². The molecule has 0 bridgehead atoms. The fourth-order valence-corrected chi connectivity index (χ4v) is 3.57. The normalized spacial score (nSPS) is 10.8. The Balaban J connectivity index is 1.74. The molecule has 0 aliphatic carbocycles. The monoisotopic (exact) mass is 433 g/mol. The number of H-pyrrole nitrogens is 1. The number of halogens is 1. The summed E-state index contributed by atoms with van der Waals surface area (Å²) in [5.74, 6) is -0.911. The summed E-state index contributed by atoms with van der Waals surface area (Å²) in [5, 5.41) is 12.5. The van der Waals surface area contributed by atoms with E-state index < -0.39 is 23.6 Å². The van der Waals surface area contributed by atoms with Crippen molar-refractivity contribution in [2.75, 3.05) is 5.32 Å². The molecule has 3 N–H and O–H groups in total. The molecular weight excluding hydrogens is 417 g/mol. The maximum Gasteiger partial charge on any atom is 0.328 e. The van der Waals surface area contributed by atoms with Crippen LogP contribution in [0.25, 0.3) is 11.3 Å². The van der Waals surface area contributed by atoms with Crippen LogP contribution >= 0.6 is 24.0 Å². The summed E-state index contributed by atoms with van der Waals surface area (Å²) in [6.07, 6.45) is -0.414. The number of carbonyl (C=O) groups excluding carboxylic acids is 1. The largest absolute Gasteiger partial charge is 0.328 e. The quantitative estimate of drug-likeness (QED) is 0.280. The Morgan fingerprint density at radius 2 is 2.14 bits per heavy atom. The smallest absolute Gasteiger partial charge is 0.304 e. The Morgan fingerprint density at radius 1 is 1.41 bits per heavy atom. The molecule has 0 aliphatic heterocycles. The SMILES string of the molecule is Cc1ccc(-c2csc(NC(=O)CC(=N)c3c(S)[nH]c(=O)n(C)c3=O)n2)cc1F. The lowest BCUT2D eigenvalue weighted by Gasteiger charge is -2.07. The number of aromatic nitrogens is 3. The van der Waals surface area contributed by atoms with Crippen molar-refractivity contribution in [3.05, 3.63) is 61.4 Å². The number of hydrogen-bond donors (Lipinski definition) is 4. The van der Waals surface area contributed by atoms with Crippen LogP contribution in [0.15, 0.2) is 38.2 Å². The molecular formula is C18H16FN5O3S2. The second kappa shape index (κ2) is 8.13. The van der Waals surface area contributed by atoms with Crippen LogP contribution in [0.4, 0.5) is 9.52 Å². The predicted octanol–water partition coefficient (Wildman–Crippen LogP) is 2.33.